The van der Waals surface area contributed by atoms with E-state index in [-0.39, 0.29) is 0 Å². The molecule has 1 aromatic rings. The summed E-state index contributed by atoms with van der Waals surface area (Å²) < 4.78 is 6.82. The summed E-state index contributed by atoms with van der Waals surface area (Å²) in [6.45, 7) is 5.77. The van der Waals surface area contributed by atoms with Gasteiger partial charge in [0.05, 0.1) is 12.3 Å². The summed E-state index contributed by atoms with van der Waals surface area (Å²) in [6.07, 6.45) is 1.09. The van der Waals surface area contributed by atoms with E-state index in [0.717, 1.165) is 18.7 Å². The second-order valence-electron chi connectivity index (χ2n) is 3.80. The molecule has 0 N–H and O–H groups in total. The average molecular weight is 217 g/mol. The zero-order chi connectivity index (χ0) is 10.6. The first-order valence-corrected chi connectivity index (χ1v) is 5.22. The molecule has 1 rings (SSSR count). The number of nitrogens with zero attached hydrogens (tertiary/aromatic N) is 2. The van der Waals surface area contributed by atoms with Crippen molar-refractivity contribution in [3.63, 3.8) is 0 Å². The van der Waals surface area contributed by atoms with Crippen molar-refractivity contribution in [2.45, 2.75) is 33.4 Å². The molecule has 1 aromatic heterocycles. The predicted molar refractivity (Wildman–Crippen MR) is 57.4 cm³/mol. The lowest BCUT2D eigenvalue weighted by molar-refractivity contribution is 0.180. The maximum Gasteiger partial charge on any atom is 0.127 e. The Hall–Kier alpha value is -0.540. The fourth-order valence-corrected chi connectivity index (χ4v) is 1.45. The van der Waals surface area contributed by atoms with E-state index in [2.05, 4.69) is 18.9 Å². The van der Waals surface area contributed by atoms with E-state index in [1.165, 1.54) is 0 Å². The molecule has 0 aliphatic heterocycles. The van der Waals surface area contributed by atoms with Crippen molar-refractivity contribution in [3.8, 4) is 0 Å². The van der Waals surface area contributed by atoms with Gasteiger partial charge in [-0.1, -0.05) is 25.4 Å². The van der Waals surface area contributed by atoms with E-state index >= 15 is 0 Å². The first kappa shape index (κ1) is 11.5. The van der Waals surface area contributed by atoms with Crippen LogP contribution in [0.25, 0.3) is 0 Å². The Morgan fingerprint density at radius 2 is 2.29 bits per heavy atom. The largest absolute Gasteiger partial charge is 0.378 e. The molecule has 0 atom stereocenters. The second-order valence-corrected chi connectivity index (χ2v) is 4.18. The minimum atomic E-state index is 0.522. The summed E-state index contributed by atoms with van der Waals surface area (Å²) in [5.41, 5.74) is 0.890. The smallest absolute Gasteiger partial charge is 0.127 e. The summed E-state index contributed by atoms with van der Waals surface area (Å²) in [4.78, 5) is 0. The summed E-state index contributed by atoms with van der Waals surface area (Å²) in [5, 5.41) is 5.02. The van der Waals surface area contributed by atoms with Crippen molar-refractivity contribution in [3.05, 3.63) is 16.9 Å². The van der Waals surface area contributed by atoms with Gasteiger partial charge in [-0.15, -0.1) is 0 Å². The Morgan fingerprint density at radius 3 is 2.86 bits per heavy atom. The van der Waals surface area contributed by atoms with Crippen LogP contribution in [0.2, 0.25) is 5.15 Å². The molecule has 0 aliphatic rings. The van der Waals surface area contributed by atoms with Crippen molar-refractivity contribution in [2.24, 2.45) is 5.92 Å². The molecule has 80 valence electrons. The molecule has 0 radical (unpaired) electrons. The van der Waals surface area contributed by atoms with Crippen molar-refractivity contribution in [1.29, 1.82) is 0 Å². The van der Waals surface area contributed by atoms with Gasteiger partial charge in [-0.3, -0.25) is 4.68 Å². The summed E-state index contributed by atoms with van der Waals surface area (Å²) >= 11 is 6.01. The molecule has 0 saturated heterocycles. The molecule has 0 fully saturated rings. The zero-order valence-corrected chi connectivity index (χ0v) is 9.71. The Kier molecular flexibility index (Phi) is 4.42. The van der Waals surface area contributed by atoms with Gasteiger partial charge in [-0.2, -0.15) is 5.10 Å². The second kappa shape index (κ2) is 5.37. The van der Waals surface area contributed by atoms with Crippen LogP contribution in [0, 0.1) is 5.92 Å². The Labute approximate surface area is 90.0 Å². The number of halogens is 1. The number of aromatic nitrogens is 2. The number of rotatable bonds is 5. The third kappa shape index (κ3) is 3.31. The van der Waals surface area contributed by atoms with Crippen molar-refractivity contribution < 1.29 is 4.74 Å². The zero-order valence-electron chi connectivity index (χ0n) is 8.96. The number of methoxy groups -OCH3 is 1. The molecule has 0 saturated carbocycles. The van der Waals surface area contributed by atoms with Gasteiger partial charge in [0, 0.05) is 19.7 Å². The molecule has 3 nitrogen and oxygen atoms in total. The van der Waals surface area contributed by atoms with E-state index < -0.39 is 0 Å². The third-order valence-electron chi connectivity index (χ3n) is 1.99. The molecule has 4 heteroatoms. The molecular weight excluding hydrogens is 200 g/mol. The minimum absolute atomic E-state index is 0.522. The van der Waals surface area contributed by atoms with Crippen LogP contribution >= 0.6 is 11.6 Å². The minimum Gasteiger partial charge on any atom is -0.378 e. The lowest BCUT2D eigenvalue weighted by Gasteiger charge is -2.05. The van der Waals surface area contributed by atoms with Gasteiger partial charge in [0.1, 0.15) is 5.15 Å². The normalized spacial score (nSPS) is 11.2. The highest BCUT2D eigenvalue weighted by atomic mass is 35.5. The maximum atomic E-state index is 6.01. The summed E-state index contributed by atoms with van der Waals surface area (Å²) in [5.74, 6) is 0.668. The quantitative estimate of drug-likeness (QED) is 0.757. The number of ether oxygens (including phenoxy) is 1. The van der Waals surface area contributed by atoms with Gasteiger partial charge in [-0.25, -0.2) is 0 Å². The van der Waals surface area contributed by atoms with Crippen LogP contribution in [0.3, 0.4) is 0 Å². The van der Waals surface area contributed by atoms with E-state index in [4.69, 9.17) is 16.3 Å². The first-order valence-electron chi connectivity index (χ1n) is 4.84. The molecule has 0 amide bonds. The average Bonchev–Trinajstić information content (AvgIpc) is 2.44. The van der Waals surface area contributed by atoms with Crippen LogP contribution in [-0.4, -0.2) is 16.9 Å². The number of aryl methyl sites for hydroxylation is 1. The van der Waals surface area contributed by atoms with Gasteiger partial charge < -0.3 is 4.74 Å². The fourth-order valence-electron chi connectivity index (χ4n) is 1.20. The Bertz CT molecular complexity index is 284. The van der Waals surface area contributed by atoms with E-state index in [1.807, 2.05) is 10.7 Å². The van der Waals surface area contributed by atoms with Crippen molar-refractivity contribution >= 4 is 11.6 Å². The van der Waals surface area contributed by atoms with Gasteiger partial charge in [0.15, 0.2) is 0 Å². The van der Waals surface area contributed by atoms with E-state index in [0.29, 0.717) is 17.7 Å². The van der Waals surface area contributed by atoms with Gasteiger partial charge in [0.2, 0.25) is 0 Å². The highest BCUT2D eigenvalue weighted by Gasteiger charge is 2.05. The first-order chi connectivity index (χ1) is 6.63. The van der Waals surface area contributed by atoms with Crippen LogP contribution in [-0.2, 0) is 17.9 Å². The van der Waals surface area contributed by atoms with Crippen molar-refractivity contribution in [1.82, 2.24) is 9.78 Å². The number of hydrogen-bond acceptors (Lipinski definition) is 2. The number of hydrogen-bond donors (Lipinski definition) is 0. The summed E-state index contributed by atoms with van der Waals surface area (Å²) in [6, 6.07) is 1.85. The monoisotopic (exact) mass is 216 g/mol. The molecule has 14 heavy (non-hydrogen) atoms. The lowest BCUT2D eigenvalue weighted by Crippen LogP contribution is -2.04. The third-order valence-corrected chi connectivity index (χ3v) is 2.30. The predicted octanol–water partition coefficient (Wildman–Crippen LogP) is 2.73. The molecule has 0 aliphatic carbocycles. The van der Waals surface area contributed by atoms with Crippen LogP contribution in [0.1, 0.15) is 26.0 Å². The highest BCUT2D eigenvalue weighted by molar-refractivity contribution is 6.29. The van der Waals surface area contributed by atoms with Gasteiger partial charge in [0.25, 0.3) is 0 Å². The molecule has 0 unspecified atom stereocenters. The standard InChI is InChI=1S/C10H17ClN2O/c1-8(2)4-5-13-10(11)6-9(12-13)7-14-3/h6,8H,4-5,7H2,1-3H3. The van der Waals surface area contributed by atoms with Gasteiger partial charge >= 0.3 is 0 Å². The van der Waals surface area contributed by atoms with Crippen molar-refractivity contribution in [2.75, 3.05) is 7.11 Å². The molecule has 1 heterocycles. The van der Waals surface area contributed by atoms with Crippen LogP contribution in [0.15, 0.2) is 6.07 Å². The van der Waals surface area contributed by atoms with Gasteiger partial charge in [-0.05, 0) is 12.3 Å². The molecule has 0 spiro atoms. The highest BCUT2D eigenvalue weighted by Crippen LogP contribution is 2.13. The van der Waals surface area contributed by atoms with Crippen LogP contribution in [0.4, 0.5) is 0 Å². The Balaban J connectivity index is 2.58. The van der Waals surface area contributed by atoms with E-state index in [1.54, 1.807) is 7.11 Å². The molecular formula is C10H17ClN2O. The fraction of sp³-hybridized carbons (Fsp3) is 0.700. The lowest BCUT2D eigenvalue weighted by atomic mass is 10.1. The summed E-state index contributed by atoms with van der Waals surface area (Å²) in [7, 11) is 1.65. The van der Waals surface area contributed by atoms with Crippen LogP contribution in [0.5, 0.6) is 0 Å². The molecule has 0 aromatic carbocycles. The molecule has 0 bridgehead atoms. The SMILES string of the molecule is COCc1cc(Cl)n(CCC(C)C)n1. The topological polar surface area (TPSA) is 27.1 Å². The van der Waals surface area contributed by atoms with Crippen LogP contribution < -0.4 is 0 Å². The Morgan fingerprint density at radius 1 is 1.57 bits per heavy atom. The maximum absolute atomic E-state index is 6.01. The van der Waals surface area contributed by atoms with E-state index in [9.17, 15) is 0 Å².